The molecule has 2 nitrogen and oxygen atoms in total. The summed E-state index contributed by atoms with van der Waals surface area (Å²) < 4.78 is 2.12. The quantitative estimate of drug-likeness (QED) is 0.321. The highest BCUT2D eigenvalue weighted by Crippen LogP contribution is 2.30. The summed E-state index contributed by atoms with van der Waals surface area (Å²) in [5.74, 6) is 0. The molecular formula is C25H19N2+. The summed E-state index contributed by atoms with van der Waals surface area (Å²) in [6.07, 6.45) is 6.83. The summed E-state index contributed by atoms with van der Waals surface area (Å²) in [5, 5.41) is 5.16. The van der Waals surface area contributed by atoms with Gasteiger partial charge in [-0.1, -0.05) is 54.6 Å². The van der Waals surface area contributed by atoms with Crippen LogP contribution in [-0.4, -0.2) is 4.98 Å². The maximum absolute atomic E-state index is 4.66. The number of rotatable bonds is 3. The molecule has 0 radical (unpaired) electrons. The lowest BCUT2D eigenvalue weighted by molar-refractivity contribution is -0.595. The van der Waals surface area contributed by atoms with Crippen molar-refractivity contribution in [1.29, 1.82) is 0 Å². The Kier molecular flexibility index (Phi) is 3.87. The van der Waals surface area contributed by atoms with Crippen LogP contribution in [0.5, 0.6) is 0 Å². The third kappa shape index (κ3) is 2.96. The van der Waals surface area contributed by atoms with Crippen molar-refractivity contribution < 1.29 is 4.57 Å². The monoisotopic (exact) mass is 347 g/mol. The number of aromatic nitrogens is 2. The molecule has 0 aliphatic rings. The van der Waals surface area contributed by atoms with E-state index in [-0.39, 0.29) is 0 Å². The second-order valence-corrected chi connectivity index (χ2v) is 6.76. The minimum Gasteiger partial charge on any atom is -0.260 e. The van der Waals surface area contributed by atoms with Crippen LogP contribution >= 0.6 is 0 Å². The van der Waals surface area contributed by atoms with E-state index in [2.05, 4.69) is 82.6 Å². The number of benzene rings is 3. The molecule has 2 aromatic heterocycles. The van der Waals surface area contributed by atoms with E-state index in [1.807, 2.05) is 30.5 Å². The van der Waals surface area contributed by atoms with Gasteiger partial charge in [0, 0.05) is 36.9 Å². The first kappa shape index (κ1) is 15.7. The molecule has 2 heteroatoms. The highest BCUT2D eigenvalue weighted by Gasteiger charge is 2.11. The molecular weight excluding hydrogens is 328 g/mol. The van der Waals surface area contributed by atoms with E-state index in [9.17, 15) is 0 Å². The van der Waals surface area contributed by atoms with Crippen molar-refractivity contribution in [3.63, 3.8) is 0 Å². The zero-order chi connectivity index (χ0) is 18.1. The van der Waals surface area contributed by atoms with Gasteiger partial charge in [0.1, 0.15) is 0 Å². The summed E-state index contributed by atoms with van der Waals surface area (Å²) >= 11 is 0. The molecule has 0 aliphatic heterocycles. The summed E-state index contributed by atoms with van der Waals surface area (Å²) in [7, 11) is 0. The van der Waals surface area contributed by atoms with Gasteiger partial charge in [0.25, 0.3) is 0 Å². The molecule has 0 atom stereocenters. The first-order valence-corrected chi connectivity index (χ1v) is 9.19. The maximum Gasteiger partial charge on any atom is 0.213 e. The van der Waals surface area contributed by atoms with Crippen LogP contribution in [0.1, 0.15) is 11.3 Å². The molecule has 0 aliphatic carbocycles. The van der Waals surface area contributed by atoms with E-state index in [0.29, 0.717) is 0 Å². The van der Waals surface area contributed by atoms with Gasteiger partial charge in [-0.2, -0.15) is 4.57 Å². The van der Waals surface area contributed by atoms with Crippen LogP contribution in [0, 0.1) is 0 Å². The van der Waals surface area contributed by atoms with Crippen molar-refractivity contribution in [2.75, 3.05) is 0 Å². The smallest absolute Gasteiger partial charge is 0.213 e. The van der Waals surface area contributed by atoms with E-state index < -0.39 is 0 Å². The number of pyridine rings is 2. The second kappa shape index (κ2) is 6.65. The molecule has 0 spiro atoms. The molecule has 0 N–H and O–H groups in total. The molecule has 27 heavy (non-hydrogen) atoms. The molecule has 5 rings (SSSR count). The van der Waals surface area contributed by atoms with Gasteiger partial charge in [-0.15, -0.1) is 0 Å². The van der Waals surface area contributed by atoms with Crippen LogP contribution < -0.4 is 4.57 Å². The normalized spacial score (nSPS) is 11.1. The fourth-order valence-corrected chi connectivity index (χ4v) is 3.77. The van der Waals surface area contributed by atoms with Crippen molar-refractivity contribution in [3.05, 3.63) is 115 Å². The first-order valence-electron chi connectivity index (χ1n) is 9.19. The summed E-state index contributed by atoms with van der Waals surface area (Å²) in [5.41, 5.74) is 3.54. The van der Waals surface area contributed by atoms with Gasteiger partial charge in [-0.05, 0) is 33.2 Å². The Balaban J connectivity index is 1.66. The molecule has 5 aromatic rings. The van der Waals surface area contributed by atoms with Crippen LogP contribution in [0.15, 0.2) is 104 Å². The fraction of sp³-hybridized carbons (Fsp3) is 0.0400. The number of hydrogen-bond acceptors (Lipinski definition) is 1. The Labute approximate surface area is 158 Å². The number of nitrogens with zero attached hydrogens (tertiary/aromatic N) is 2. The Morgan fingerprint density at radius 2 is 1.33 bits per heavy atom. The Hall–Kier alpha value is -3.52. The molecule has 0 bridgehead atoms. The maximum atomic E-state index is 4.66. The Morgan fingerprint density at radius 1 is 0.667 bits per heavy atom. The average Bonchev–Trinajstić information content (AvgIpc) is 2.74. The zero-order valence-corrected chi connectivity index (χ0v) is 14.9. The van der Waals surface area contributed by atoms with Gasteiger partial charge in [-0.3, -0.25) is 4.98 Å². The van der Waals surface area contributed by atoms with Gasteiger partial charge in [-0.25, -0.2) is 0 Å². The highest BCUT2D eigenvalue weighted by atomic mass is 14.9. The van der Waals surface area contributed by atoms with Crippen LogP contribution in [0.4, 0.5) is 0 Å². The topological polar surface area (TPSA) is 16.8 Å². The van der Waals surface area contributed by atoms with Crippen LogP contribution in [0.2, 0.25) is 0 Å². The van der Waals surface area contributed by atoms with E-state index in [1.165, 1.54) is 27.1 Å². The van der Waals surface area contributed by atoms with Crippen molar-refractivity contribution in [1.82, 2.24) is 4.98 Å². The summed E-state index contributed by atoms with van der Waals surface area (Å²) in [4.78, 5) is 4.66. The summed E-state index contributed by atoms with van der Waals surface area (Å²) in [6, 6.07) is 29.9. The van der Waals surface area contributed by atoms with Crippen molar-refractivity contribution >= 4 is 21.5 Å². The van der Waals surface area contributed by atoms with Gasteiger partial charge in [0.05, 0.1) is 5.69 Å². The lowest BCUT2D eigenvalue weighted by Gasteiger charge is -2.11. The van der Waals surface area contributed by atoms with Crippen molar-refractivity contribution in [3.8, 4) is 5.69 Å². The third-order valence-electron chi connectivity index (χ3n) is 5.05. The van der Waals surface area contributed by atoms with Crippen molar-refractivity contribution in [2.24, 2.45) is 0 Å². The third-order valence-corrected chi connectivity index (χ3v) is 5.05. The standard InChI is InChI=1S/C25H19N2/c1-6-14-27(15-7-1)22-12-13-26-21(17-22)18-25-23-10-4-2-8-19(23)16-20-9-3-5-11-24(20)25/h1-17H,18H2/q+1. The second-order valence-electron chi connectivity index (χ2n) is 6.76. The Bertz CT molecular complexity index is 1190. The van der Waals surface area contributed by atoms with Crippen LogP contribution in [0.25, 0.3) is 27.2 Å². The Morgan fingerprint density at radius 3 is 2.04 bits per heavy atom. The molecule has 0 saturated carbocycles. The van der Waals surface area contributed by atoms with E-state index in [1.54, 1.807) is 0 Å². The fourth-order valence-electron chi connectivity index (χ4n) is 3.77. The van der Waals surface area contributed by atoms with E-state index in [0.717, 1.165) is 17.8 Å². The van der Waals surface area contributed by atoms with Crippen LogP contribution in [-0.2, 0) is 6.42 Å². The number of fused-ring (bicyclic) bond motifs is 2. The van der Waals surface area contributed by atoms with Crippen molar-refractivity contribution in [2.45, 2.75) is 6.42 Å². The average molecular weight is 347 g/mol. The van der Waals surface area contributed by atoms with Gasteiger partial charge in [0.2, 0.25) is 5.69 Å². The molecule has 0 amide bonds. The SMILES string of the molecule is c1cc[n+](-c2ccnc(Cc3c4ccccc4cc4ccccc34)c2)cc1. The molecule has 3 aromatic carbocycles. The predicted octanol–water partition coefficient (Wildman–Crippen LogP) is 5.26. The number of hydrogen-bond donors (Lipinski definition) is 0. The summed E-state index contributed by atoms with van der Waals surface area (Å²) in [6.45, 7) is 0. The predicted molar refractivity (Wildman–Crippen MR) is 110 cm³/mol. The zero-order valence-electron chi connectivity index (χ0n) is 14.9. The van der Waals surface area contributed by atoms with Crippen LogP contribution in [0.3, 0.4) is 0 Å². The molecule has 128 valence electrons. The minimum atomic E-state index is 0.809. The lowest BCUT2D eigenvalue weighted by atomic mass is 9.94. The largest absolute Gasteiger partial charge is 0.260 e. The van der Waals surface area contributed by atoms with E-state index in [4.69, 9.17) is 0 Å². The van der Waals surface area contributed by atoms with Gasteiger partial charge in [0.15, 0.2) is 12.4 Å². The molecule has 0 fully saturated rings. The van der Waals surface area contributed by atoms with E-state index >= 15 is 0 Å². The first-order chi connectivity index (χ1) is 13.4. The van der Waals surface area contributed by atoms with Gasteiger partial charge >= 0.3 is 0 Å². The lowest BCUT2D eigenvalue weighted by Crippen LogP contribution is -2.29. The molecule has 0 unspecified atom stereocenters. The van der Waals surface area contributed by atoms with Gasteiger partial charge < -0.3 is 0 Å². The highest BCUT2D eigenvalue weighted by molar-refractivity contribution is 6.02. The molecule has 2 heterocycles. The minimum absolute atomic E-state index is 0.809. The molecule has 0 saturated heterocycles.